The van der Waals surface area contributed by atoms with Gasteiger partial charge in [0.15, 0.2) is 0 Å². The van der Waals surface area contributed by atoms with Gasteiger partial charge in [-0.15, -0.1) is 0 Å². The van der Waals surface area contributed by atoms with E-state index in [0.717, 1.165) is 24.2 Å². The summed E-state index contributed by atoms with van der Waals surface area (Å²) in [7, 11) is 1.75. The first-order chi connectivity index (χ1) is 13.7. The van der Waals surface area contributed by atoms with Gasteiger partial charge in [0, 0.05) is 56.7 Å². The maximum atomic E-state index is 12.5. The summed E-state index contributed by atoms with van der Waals surface area (Å²) >= 11 is 0. The van der Waals surface area contributed by atoms with Crippen molar-refractivity contribution in [1.29, 1.82) is 5.26 Å². The van der Waals surface area contributed by atoms with Crippen LogP contribution in [-0.2, 0) is 7.05 Å². The third-order valence-corrected chi connectivity index (χ3v) is 4.99. The lowest BCUT2D eigenvalue weighted by Crippen LogP contribution is -2.47. The highest BCUT2D eigenvalue weighted by Crippen LogP contribution is 2.23. The van der Waals surface area contributed by atoms with E-state index in [4.69, 9.17) is 10.2 Å². The van der Waals surface area contributed by atoms with Crippen molar-refractivity contribution in [3.8, 4) is 17.3 Å². The number of nitriles is 1. The highest BCUT2D eigenvalue weighted by atomic mass is 16.1. The number of piperazine rings is 1. The molecule has 28 heavy (non-hydrogen) atoms. The Hall–Kier alpha value is -3.50. The highest BCUT2D eigenvalue weighted by molar-refractivity contribution is 5.59. The number of benzene rings is 1. The fourth-order valence-corrected chi connectivity index (χ4v) is 3.43. The SMILES string of the molecule is Cn1c(N2CCNC(c3ccc(C#N)cc3)C2)nc(-c2ccncc2)cc1=O. The summed E-state index contributed by atoms with van der Waals surface area (Å²) in [6.07, 6.45) is 3.39. The molecule has 0 bridgehead atoms. The highest BCUT2D eigenvalue weighted by Gasteiger charge is 2.24. The van der Waals surface area contributed by atoms with Crippen molar-refractivity contribution in [2.75, 3.05) is 24.5 Å². The lowest BCUT2D eigenvalue weighted by molar-refractivity contribution is 0.462. The summed E-state index contributed by atoms with van der Waals surface area (Å²) in [4.78, 5) is 23.5. The van der Waals surface area contributed by atoms with E-state index in [1.54, 1.807) is 30.1 Å². The molecule has 140 valence electrons. The largest absolute Gasteiger partial charge is 0.339 e. The molecule has 1 fully saturated rings. The number of aromatic nitrogens is 3. The molecule has 1 saturated heterocycles. The van der Waals surface area contributed by atoms with Crippen LogP contribution in [0, 0.1) is 11.3 Å². The Morgan fingerprint density at radius 3 is 2.64 bits per heavy atom. The van der Waals surface area contributed by atoms with Crippen molar-refractivity contribution in [3.63, 3.8) is 0 Å². The van der Waals surface area contributed by atoms with Gasteiger partial charge >= 0.3 is 0 Å². The molecule has 7 heteroatoms. The minimum absolute atomic E-state index is 0.0923. The van der Waals surface area contributed by atoms with Gasteiger partial charge in [0.2, 0.25) is 5.95 Å². The lowest BCUT2D eigenvalue weighted by atomic mass is 10.0. The molecule has 0 amide bonds. The van der Waals surface area contributed by atoms with Gasteiger partial charge in [-0.25, -0.2) is 4.98 Å². The summed E-state index contributed by atoms with van der Waals surface area (Å²) in [5, 5.41) is 12.5. The first-order valence-electron chi connectivity index (χ1n) is 9.12. The van der Waals surface area contributed by atoms with Crippen LogP contribution in [0.1, 0.15) is 17.2 Å². The molecular formula is C21H20N6O. The standard InChI is InChI=1S/C21H20N6O/c1-26-20(28)12-18(17-6-8-23-9-7-17)25-21(26)27-11-10-24-19(14-27)16-4-2-15(13-22)3-5-16/h2-9,12,19,24H,10-11,14H2,1H3. The van der Waals surface area contributed by atoms with Crippen LogP contribution in [0.5, 0.6) is 0 Å². The average molecular weight is 372 g/mol. The zero-order valence-corrected chi connectivity index (χ0v) is 15.5. The van der Waals surface area contributed by atoms with Crippen molar-refractivity contribution in [2.24, 2.45) is 7.05 Å². The van der Waals surface area contributed by atoms with Gasteiger partial charge in [0.05, 0.1) is 17.3 Å². The third kappa shape index (κ3) is 3.50. The predicted molar refractivity (Wildman–Crippen MR) is 107 cm³/mol. The second kappa shape index (κ2) is 7.62. The molecule has 3 aromatic rings. The molecule has 1 N–H and O–H groups in total. The quantitative estimate of drug-likeness (QED) is 0.755. The number of nitrogens with zero attached hydrogens (tertiary/aromatic N) is 5. The van der Waals surface area contributed by atoms with Crippen LogP contribution in [-0.4, -0.2) is 34.2 Å². The first-order valence-corrected chi connectivity index (χ1v) is 9.12. The van der Waals surface area contributed by atoms with Crippen LogP contribution in [0.2, 0.25) is 0 Å². The van der Waals surface area contributed by atoms with E-state index in [1.807, 2.05) is 36.4 Å². The normalized spacial score (nSPS) is 16.6. The maximum Gasteiger partial charge on any atom is 0.255 e. The Bertz CT molecular complexity index is 1070. The molecular weight excluding hydrogens is 352 g/mol. The molecule has 1 aliphatic rings. The average Bonchev–Trinajstić information content (AvgIpc) is 2.76. The van der Waals surface area contributed by atoms with Gasteiger partial charge in [-0.2, -0.15) is 5.26 Å². The molecule has 0 saturated carbocycles. The van der Waals surface area contributed by atoms with Crippen molar-refractivity contribution in [2.45, 2.75) is 6.04 Å². The van der Waals surface area contributed by atoms with Crippen molar-refractivity contribution in [1.82, 2.24) is 19.9 Å². The van der Waals surface area contributed by atoms with E-state index < -0.39 is 0 Å². The number of nitrogens with one attached hydrogen (secondary N) is 1. The minimum atomic E-state index is -0.0923. The number of hydrogen-bond donors (Lipinski definition) is 1. The molecule has 0 aliphatic carbocycles. The van der Waals surface area contributed by atoms with Gasteiger partial charge in [-0.05, 0) is 29.8 Å². The smallest absolute Gasteiger partial charge is 0.255 e. The molecule has 1 unspecified atom stereocenters. The molecule has 1 aromatic carbocycles. The zero-order valence-electron chi connectivity index (χ0n) is 15.5. The van der Waals surface area contributed by atoms with Crippen molar-refractivity contribution < 1.29 is 0 Å². The summed E-state index contributed by atoms with van der Waals surface area (Å²) in [5.41, 5.74) is 3.18. The topological polar surface area (TPSA) is 86.8 Å². The van der Waals surface area contributed by atoms with Gasteiger partial charge in [-0.1, -0.05) is 12.1 Å². The Labute approximate surface area is 162 Å². The summed E-state index contributed by atoms with van der Waals surface area (Å²) in [6.45, 7) is 2.22. The van der Waals surface area contributed by atoms with Crippen LogP contribution in [0.15, 0.2) is 59.7 Å². The van der Waals surface area contributed by atoms with Crippen LogP contribution >= 0.6 is 0 Å². The maximum absolute atomic E-state index is 12.5. The van der Waals surface area contributed by atoms with E-state index in [-0.39, 0.29) is 11.6 Å². The zero-order chi connectivity index (χ0) is 19.5. The Morgan fingerprint density at radius 2 is 1.93 bits per heavy atom. The van der Waals surface area contributed by atoms with E-state index in [9.17, 15) is 4.79 Å². The number of rotatable bonds is 3. The summed E-state index contributed by atoms with van der Waals surface area (Å²) < 4.78 is 1.59. The van der Waals surface area contributed by atoms with Gasteiger partial charge in [0.25, 0.3) is 5.56 Å². The van der Waals surface area contributed by atoms with Crippen LogP contribution in [0.25, 0.3) is 11.3 Å². The molecule has 1 atom stereocenters. The van der Waals surface area contributed by atoms with E-state index in [0.29, 0.717) is 23.8 Å². The summed E-state index contributed by atoms with van der Waals surface area (Å²) in [6, 6.07) is 15.1. The molecule has 1 aliphatic heterocycles. The molecule has 3 heterocycles. The predicted octanol–water partition coefficient (Wildman–Crippen LogP) is 1.86. The van der Waals surface area contributed by atoms with Crippen LogP contribution in [0.3, 0.4) is 0 Å². The second-order valence-corrected chi connectivity index (χ2v) is 6.76. The lowest BCUT2D eigenvalue weighted by Gasteiger charge is -2.35. The molecule has 0 spiro atoms. The summed E-state index contributed by atoms with van der Waals surface area (Å²) in [5.74, 6) is 0.652. The van der Waals surface area contributed by atoms with E-state index in [2.05, 4.69) is 21.3 Å². The number of pyridine rings is 1. The van der Waals surface area contributed by atoms with Gasteiger partial charge < -0.3 is 10.2 Å². The molecule has 4 rings (SSSR count). The number of hydrogen-bond acceptors (Lipinski definition) is 6. The number of anilines is 1. The second-order valence-electron chi connectivity index (χ2n) is 6.76. The van der Waals surface area contributed by atoms with Crippen molar-refractivity contribution in [3.05, 3.63) is 76.3 Å². The minimum Gasteiger partial charge on any atom is -0.339 e. The van der Waals surface area contributed by atoms with Crippen LogP contribution < -0.4 is 15.8 Å². The van der Waals surface area contributed by atoms with E-state index >= 15 is 0 Å². The molecule has 0 radical (unpaired) electrons. The van der Waals surface area contributed by atoms with E-state index in [1.165, 1.54) is 0 Å². The Balaban J connectivity index is 1.65. The van der Waals surface area contributed by atoms with Gasteiger partial charge in [0.1, 0.15) is 0 Å². The van der Waals surface area contributed by atoms with Crippen molar-refractivity contribution >= 4 is 5.95 Å². The van der Waals surface area contributed by atoms with Gasteiger partial charge in [-0.3, -0.25) is 14.3 Å². The first kappa shape index (κ1) is 17.9. The Kier molecular flexibility index (Phi) is 4.87. The Morgan fingerprint density at radius 1 is 1.18 bits per heavy atom. The third-order valence-electron chi connectivity index (χ3n) is 4.99. The fourth-order valence-electron chi connectivity index (χ4n) is 3.43. The molecule has 2 aromatic heterocycles. The molecule has 7 nitrogen and oxygen atoms in total. The monoisotopic (exact) mass is 372 g/mol. The fraction of sp³-hybridized carbons (Fsp3) is 0.238. The van der Waals surface area contributed by atoms with Crippen LogP contribution in [0.4, 0.5) is 5.95 Å².